The summed E-state index contributed by atoms with van der Waals surface area (Å²) in [4.78, 5) is 25.9. The van der Waals surface area contributed by atoms with Crippen molar-refractivity contribution in [1.29, 1.82) is 0 Å². The van der Waals surface area contributed by atoms with Crippen LogP contribution in [0.25, 0.3) is 0 Å². The first-order valence-electron chi connectivity index (χ1n) is 13.4. The van der Waals surface area contributed by atoms with Gasteiger partial charge in [-0.25, -0.2) is 9.59 Å². The van der Waals surface area contributed by atoms with Crippen LogP contribution >= 0.6 is 34.8 Å². The molecular weight excluding hydrogens is 599 g/mol. The van der Waals surface area contributed by atoms with E-state index >= 15 is 0 Å². The molecule has 2 aliphatic rings. The molecule has 0 aromatic carbocycles. The second-order valence-corrected chi connectivity index (χ2v) is 11.8. The molecule has 2 atom stereocenters. The van der Waals surface area contributed by atoms with Gasteiger partial charge in [0.05, 0.1) is 6.54 Å². The van der Waals surface area contributed by atoms with Gasteiger partial charge in [-0.15, -0.1) is 0 Å². The number of carbonyl (C=O) groups excluding carboxylic acids is 2. The molecule has 2 rings (SSSR count). The van der Waals surface area contributed by atoms with E-state index in [1.165, 1.54) is 17.7 Å². The van der Waals surface area contributed by atoms with Crippen LogP contribution in [-0.2, 0) is 12.6 Å². The van der Waals surface area contributed by atoms with Crippen LogP contribution in [-0.4, -0.2) is 53.7 Å². The summed E-state index contributed by atoms with van der Waals surface area (Å²) in [6.45, 7) is 18.7. The van der Waals surface area contributed by atoms with E-state index in [2.05, 4.69) is 51.2 Å². The number of cyclic esters (lactones) is 1. The van der Waals surface area contributed by atoms with Gasteiger partial charge in [0, 0.05) is 30.0 Å². The Morgan fingerprint density at radius 1 is 1.32 bits per heavy atom. The lowest BCUT2D eigenvalue weighted by atomic mass is 9.77. The number of nitrogens with zero attached hydrogens (tertiary/aromatic N) is 1. The molecule has 1 fully saturated rings. The summed E-state index contributed by atoms with van der Waals surface area (Å²) in [7, 11) is 0. The standard InChI is InChI=1S/C27H41IN2O4S.C2H6/c1-7-27(19-30(25(32)33-27)22(4)11-10-20(2)24(31)34-28)12-14-29-18-23-9-8-15-35-16-13-26(5,6)21(3)17-23;1-2/h8-11,17,21,29H,7,12-16,18-19H2,1-6H3;1-2H3/b9-8-,20-10+,22-11+,23-17+;. The van der Waals surface area contributed by atoms with E-state index in [0.717, 1.165) is 37.4 Å². The van der Waals surface area contributed by atoms with Crippen LogP contribution in [0.1, 0.15) is 74.7 Å². The van der Waals surface area contributed by atoms with Crippen molar-refractivity contribution in [3.05, 3.63) is 47.2 Å². The van der Waals surface area contributed by atoms with Crippen molar-refractivity contribution in [3.8, 4) is 0 Å². The van der Waals surface area contributed by atoms with Crippen molar-refractivity contribution >= 4 is 46.8 Å². The highest BCUT2D eigenvalue weighted by atomic mass is 127. The predicted molar refractivity (Wildman–Crippen MR) is 165 cm³/mol. The Kier molecular flexibility index (Phi) is 15.2. The molecule has 2 aliphatic heterocycles. The molecule has 0 bridgehead atoms. The summed E-state index contributed by atoms with van der Waals surface area (Å²) < 4.78 is 10.6. The molecule has 8 heteroatoms. The van der Waals surface area contributed by atoms with Gasteiger partial charge in [-0.05, 0) is 62.0 Å². The van der Waals surface area contributed by atoms with Crippen LogP contribution in [0.5, 0.6) is 0 Å². The number of amides is 1. The van der Waals surface area contributed by atoms with Gasteiger partial charge in [0.1, 0.15) is 5.60 Å². The largest absolute Gasteiger partial charge is 0.441 e. The van der Waals surface area contributed by atoms with Gasteiger partial charge in [0.25, 0.3) is 0 Å². The summed E-state index contributed by atoms with van der Waals surface area (Å²) in [5.41, 5.74) is 2.29. The average Bonchev–Trinajstić information content (AvgIpc) is 3.23. The van der Waals surface area contributed by atoms with Gasteiger partial charge in [-0.2, -0.15) is 11.8 Å². The molecule has 0 aliphatic carbocycles. The maximum atomic E-state index is 12.6. The minimum atomic E-state index is -0.522. The van der Waals surface area contributed by atoms with Crippen molar-refractivity contribution in [2.75, 3.05) is 31.1 Å². The summed E-state index contributed by atoms with van der Waals surface area (Å²) in [6.07, 6.45) is 12.7. The number of rotatable bonds is 9. The highest BCUT2D eigenvalue weighted by Crippen LogP contribution is 2.34. The highest BCUT2D eigenvalue weighted by molar-refractivity contribution is 14.1. The number of thioether (sulfide) groups is 1. The molecule has 0 radical (unpaired) electrons. The van der Waals surface area contributed by atoms with Crippen LogP contribution in [0, 0.1) is 11.3 Å². The van der Waals surface area contributed by atoms with Gasteiger partial charge in [0.2, 0.25) is 0 Å². The van der Waals surface area contributed by atoms with E-state index < -0.39 is 11.6 Å². The molecule has 210 valence electrons. The smallest absolute Gasteiger partial charge is 0.414 e. The lowest BCUT2D eigenvalue weighted by molar-refractivity contribution is -0.127. The predicted octanol–water partition coefficient (Wildman–Crippen LogP) is 7.62. The van der Waals surface area contributed by atoms with Crippen LogP contribution in [0.4, 0.5) is 4.79 Å². The molecular formula is C29H47IN2O4S. The number of allylic oxidation sites excluding steroid dienone is 4. The molecule has 1 amide bonds. The van der Waals surface area contributed by atoms with Crippen molar-refractivity contribution in [3.63, 3.8) is 0 Å². The Hall–Kier alpha value is -1.26. The molecule has 2 heterocycles. The molecule has 1 saturated heterocycles. The van der Waals surface area contributed by atoms with E-state index in [0.29, 0.717) is 18.0 Å². The molecule has 6 nitrogen and oxygen atoms in total. The number of nitrogens with one attached hydrogen (secondary N) is 1. The van der Waals surface area contributed by atoms with Gasteiger partial charge in [0.15, 0.2) is 23.0 Å². The topological polar surface area (TPSA) is 67.9 Å². The normalized spacial score (nSPS) is 26.8. The van der Waals surface area contributed by atoms with Gasteiger partial charge in [-0.3, -0.25) is 4.90 Å². The van der Waals surface area contributed by atoms with E-state index in [1.54, 1.807) is 47.0 Å². The Morgan fingerprint density at radius 2 is 2.03 bits per heavy atom. The van der Waals surface area contributed by atoms with Crippen molar-refractivity contribution in [2.24, 2.45) is 11.3 Å². The van der Waals surface area contributed by atoms with Crippen molar-refractivity contribution in [2.45, 2.75) is 80.3 Å². The summed E-state index contributed by atoms with van der Waals surface area (Å²) in [5.74, 6) is 2.35. The van der Waals surface area contributed by atoms with Crippen LogP contribution in [0.2, 0.25) is 0 Å². The zero-order valence-corrected chi connectivity index (χ0v) is 27.0. The maximum Gasteiger partial charge on any atom is 0.414 e. The Bertz CT molecular complexity index is 881. The Morgan fingerprint density at radius 3 is 2.68 bits per heavy atom. The minimum Gasteiger partial charge on any atom is -0.441 e. The number of hydrogen-bond donors (Lipinski definition) is 1. The minimum absolute atomic E-state index is 0.285. The van der Waals surface area contributed by atoms with Gasteiger partial charge >= 0.3 is 12.1 Å². The third-order valence-corrected chi connectivity index (χ3v) is 8.55. The SMILES string of the molecule is CC.CCC1(CCNCC2=C/C(C)C(C)(C)CCSC/C=C\2)CN(/C(C)=C/C=C(\C)C(=O)OI)C(=O)O1. The fraction of sp³-hybridized carbons (Fsp3) is 0.655. The number of halogens is 1. The first-order chi connectivity index (χ1) is 17.5. The zero-order valence-electron chi connectivity index (χ0n) is 24.0. The van der Waals surface area contributed by atoms with Gasteiger partial charge in [-0.1, -0.05) is 65.8 Å². The lowest BCUT2D eigenvalue weighted by Crippen LogP contribution is -2.37. The summed E-state index contributed by atoms with van der Waals surface area (Å²) >= 11 is 3.56. The number of hydrogen-bond acceptors (Lipinski definition) is 6. The fourth-order valence-electron chi connectivity index (χ4n) is 4.03. The fourth-order valence-corrected chi connectivity index (χ4v) is 5.45. The monoisotopic (exact) mass is 646 g/mol. The van der Waals surface area contributed by atoms with E-state index in [4.69, 9.17) is 7.80 Å². The molecule has 0 aromatic rings. The maximum absolute atomic E-state index is 12.6. The molecule has 37 heavy (non-hydrogen) atoms. The van der Waals surface area contributed by atoms with E-state index in [1.807, 2.05) is 32.5 Å². The van der Waals surface area contributed by atoms with Crippen LogP contribution in [0.3, 0.4) is 0 Å². The van der Waals surface area contributed by atoms with E-state index in [9.17, 15) is 9.59 Å². The number of carbonyl (C=O) groups is 2. The third-order valence-electron chi connectivity index (χ3n) is 7.23. The number of ether oxygens (including phenoxy) is 1. The lowest BCUT2D eigenvalue weighted by Gasteiger charge is -2.31. The van der Waals surface area contributed by atoms with Crippen molar-refractivity contribution < 1.29 is 17.4 Å². The van der Waals surface area contributed by atoms with Crippen LogP contribution in [0.15, 0.2) is 47.2 Å². The van der Waals surface area contributed by atoms with Crippen LogP contribution < -0.4 is 5.32 Å². The molecule has 0 spiro atoms. The Labute approximate surface area is 243 Å². The molecule has 2 unspecified atom stereocenters. The molecule has 0 saturated carbocycles. The van der Waals surface area contributed by atoms with Crippen molar-refractivity contribution in [1.82, 2.24) is 10.2 Å². The van der Waals surface area contributed by atoms with Gasteiger partial charge < -0.3 is 13.1 Å². The quantitative estimate of drug-likeness (QED) is 0.120. The third kappa shape index (κ3) is 10.8. The van der Waals surface area contributed by atoms with E-state index in [-0.39, 0.29) is 11.5 Å². The first kappa shape index (κ1) is 33.8. The summed E-state index contributed by atoms with van der Waals surface area (Å²) in [5, 5.41) is 3.58. The molecule has 0 aromatic heterocycles. The molecule has 1 N–H and O–H groups in total. The second kappa shape index (κ2) is 16.6. The Balaban J connectivity index is 0.00000334. The first-order valence-corrected chi connectivity index (χ1v) is 15.4. The highest BCUT2D eigenvalue weighted by Gasteiger charge is 2.43. The average molecular weight is 647 g/mol. The summed E-state index contributed by atoms with van der Waals surface area (Å²) in [6, 6.07) is 0. The zero-order chi connectivity index (χ0) is 28.1. The second-order valence-electron chi connectivity index (χ2n) is 10.2.